The molecular weight excluding hydrogens is 554 g/mol. The summed E-state index contributed by atoms with van der Waals surface area (Å²) in [5, 5.41) is 0. The molecule has 5 rings (SSSR count). The summed E-state index contributed by atoms with van der Waals surface area (Å²) in [5.74, 6) is -2.18. The van der Waals surface area contributed by atoms with Gasteiger partial charge in [-0.05, 0) is 49.6 Å². The molecule has 8 nitrogen and oxygen atoms in total. The molecule has 0 bridgehead atoms. The number of ketones is 1. The van der Waals surface area contributed by atoms with E-state index in [9.17, 15) is 13.2 Å². The molecule has 0 amide bonds. The molecule has 1 saturated heterocycles. The Morgan fingerprint density at radius 2 is 1.14 bits per heavy atom. The van der Waals surface area contributed by atoms with Gasteiger partial charge < -0.3 is 9.47 Å². The standard InChI is InChI=1S/C33H33NO7S/c1-32(2,3)34(22-25-13-7-4-8-14-25)33(40-42(36,37)41-33)31(35)28-19-29(38-23-26-15-9-5-10-16-26)21-30(20-28)39-24-27-17-11-6-12-18-27/h4-21H,22-24H2,1-3H3. The molecule has 4 aromatic carbocycles. The van der Waals surface area contributed by atoms with Gasteiger partial charge >= 0.3 is 16.3 Å². The van der Waals surface area contributed by atoms with Crippen molar-refractivity contribution in [2.45, 2.75) is 52.0 Å². The molecule has 0 radical (unpaired) electrons. The molecule has 0 aromatic heterocycles. The van der Waals surface area contributed by atoms with Crippen molar-refractivity contribution >= 4 is 16.2 Å². The van der Waals surface area contributed by atoms with E-state index in [0.717, 1.165) is 16.7 Å². The normalized spacial score (nSPS) is 15.5. The summed E-state index contributed by atoms with van der Waals surface area (Å²) >= 11 is 0. The van der Waals surface area contributed by atoms with E-state index < -0.39 is 27.6 Å². The summed E-state index contributed by atoms with van der Waals surface area (Å²) in [5.41, 5.74) is 2.10. The van der Waals surface area contributed by atoms with Gasteiger partial charge in [-0.15, -0.1) is 0 Å². The monoisotopic (exact) mass is 587 g/mol. The zero-order valence-electron chi connectivity index (χ0n) is 23.7. The largest absolute Gasteiger partial charge is 0.489 e. The molecule has 9 heteroatoms. The van der Waals surface area contributed by atoms with Crippen molar-refractivity contribution < 1.29 is 31.1 Å². The van der Waals surface area contributed by atoms with Crippen molar-refractivity contribution in [2.75, 3.05) is 0 Å². The molecule has 0 unspecified atom stereocenters. The van der Waals surface area contributed by atoms with Gasteiger partial charge in [0.2, 0.25) is 5.78 Å². The predicted molar refractivity (Wildman–Crippen MR) is 158 cm³/mol. The van der Waals surface area contributed by atoms with Crippen LogP contribution in [0.4, 0.5) is 0 Å². The van der Waals surface area contributed by atoms with E-state index >= 15 is 0 Å². The first-order valence-corrected chi connectivity index (χ1v) is 14.9. The highest BCUT2D eigenvalue weighted by Gasteiger charge is 2.64. The average Bonchev–Trinajstić information content (AvgIpc) is 2.97. The number of hydrogen-bond donors (Lipinski definition) is 0. The fourth-order valence-electron chi connectivity index (χ4n) is 4.65. The van der Waals surface area contributed by atoms with Crippen LogP contribution in [0.15, 0.2) is 109 Å². The highest BCUT2D eigenvalue weighted by atomic mass is 32.3. The maximum Gasteiger partial charge on any atom is 0.408 e. The number of carbonyl (C=O) groups is 1. The van der Waals surface area contributed by atoms with Gasteiger partial charge in [0.15, 0.2) is 0 Å². The van der Waals surface area contributed by atoms with Crippen molar-refractivity contribution in [3.8, 4) is 11.5 Å². The lowest BCUT2D eigenvalue weighted by Crippen LogP contribution is -2.70. The Morgan fingerprint density at radius 3 is 1.55 bits per heavy atom. The summed E-state index contributed by atoms with van der Waals surface area (Å²) in [6, 6.07) is 33.4. The maximum absolute atomic E-state index is 14.3. The van der Waals surface area contributed by atoms with Gasteiger partial charge in [0.05, 0.1) is 0 Å². The van der Waals surface area contributed by atoms with Gasteiger partial charge in [0.25, 0.3) is 0 Å². The summed E-state index contributed by atoms with van der Waals surface area (Å²) in [6.07, 6.45) is 0. The van der Waals surface area contributed by atoms with Gasteiger partial charge in [-0.25, -0.2) is 4.90 Å². The molecule has 1 heterocycles. The summed E-state index contributed by atoms with van der Waals surface area (Å²) in [7, 11) is -4.38. The average molecular weight is 588 g/mol. The number of carbonyl (C=O) groups excluding carboxylic acids is 1. The van der Waals surface area contributed by atoms with Crippen LogP contribution in [0.3, 0.4) is 0 Å². The van der Waals surface area contributed by atoms with E-state index in [0.29, 0.717) is 11.5 Å². The second-order valence-electron chi connectivity index (χ2n) is 11.0. The Kier molecular flexibility index (Phi) is 8.47. The van der Waals surface area contributed by atoms with Crippen LogP contribution in [0.25, 0.3) is 0 Å². The van der Waals surface area contributed by atoms with Crippen LogP contribution in [0.2, 0.25) is 0 Å². The summed E-state index contributed by atoms with van der Waals surface area (Å²) in [6.45, 7) is 6.27. The van der Waals surface area contributed by atoms with Crippen LogP contribution in [-0.2, 0) is 38.5 Å². The van der Waals surface area contributed by atoms with Crippen LogP contribution in [0.1, 0.15) is 47.8 Å². The van der Waals surface area contributed by atoms with E-state index in [1.807, 2.05) is 112 Å². The molecule has 1 aliphatic rings. The second kappa shape index (κ2) is 12.1. The molecule has 0 atom stereocenters. The topological polar surface area (TPSA) is 91.4 Å². The molecule has 0 saturated carbocycles. The van der Waals surface area contributed by atoms with Gasteiger partial charge in [-0.3, -0.25) is 4.79 Å². The molecule has 0 aliphatic carbocycles. The third-order valence-electron chi connectivity index (χ3n) is 6.70. The van der Waals surface area contributed by atoms with Crippen molar-refractivity contribution in [3.05, 3.63) is 131 Å². The lowest BCUT2D eigenvalue weighted by atomic mass is 9.98. The Labute approximate surface area is 246 Å². The fraction of sp³-hybridized carbons (Fsp3) is 0.242. The third kappa shape index (κ3) is 6.88. The Balaban J connectivity index is 1.51. The first-order valence-electron chi connectivity index (χ1n) is 13.6. The smallest absolute Gasteiger partial charge is 0.408 e. The van der Waals surface area contributed by atoms with E-state index in [-0.39, 0.29) is 25.3 Å². The minimum atomic E-state index is -4.38. The zero-order chi connectivity index (χ0) is 29.8. The van der Waals surface area contributed by atoms with Gasteiger partial charge in [-0.1, -0.05) is 91.0 Å². The van der Waals surface area contributed by atoms with Crippen molar-refractivity contribution in [1.82, 2.24) is 4.90 Å². The third-order valence-corrected chi connectivity index (χ3v) is 7.56. The molecule has 1 aliphatic heterocycles. The Bertz CT molecular complexity index is 1550. The molecule has 0 spiro atoms. The van der Waals surface area contributed by atoms with Crippen LogP contribution < -0.4 is 9.47 Å². The highest BCUT2D eigenvalue weighted by Crippen LogP contribution is 2.43. The van der Waals surface area contributed by atoms with E-state index in [1.165, 1.54) is 0 Å². The lowest BCUT2D eigenvalue weighted by Gasteiger charge is -2.50. The molecule has 218 valence electrons. The number of hydrogen-bond acceptors (Lipinski definition) is 8. The quantitative estimate of drug-likeness (QED) is 0.190. The van der Waals surface area contributed by atoms with E-state index in [1.54, 1.807) is 23.1 Å². The number of Topliss-reactive ketones (excluding diaryl/α,β-unsaturated/α-hetero) is 1. The SMILES string of the molecule is CC(C)(C)N(Cc1ccccc1)C1(C(=O)c2cc(OCc3ccccc3)cc(OCc3ccccc3)c2)OS(=O)(=O)O1. The Morgan fingerprint density at radius 1 is 0.714 bits per heavy atom. The lowest BCUT2D eigenvalue weighted by molar-refractivity contribution is -0.266. The number of nitrogens with zero attached hydrogens (tertiary/aromatic N) is 1. The Hall–Kier alpha value is -4.02. The molecule has 42 heavy (non-hydrogen) atoms. The number of benzene rings is 4. The van der Waals surface area contributed by atoms with Crippen LogP contribution in [-0.4, -0.2) is 30.6 Å². The fourth-order valence-corrected chi connectivity index (χ4v) is 5.55. The first kappa shape index (κ1) is 29.5. The zero-order valence-corrected chi connectivity index (χ0v) is 24.5. The molecule has 4 aromatic rings. The van der Waals surface area contributed by atoms with E-state index in [4.69, 9.17) is 17.8 Å². The minimum Gasteiger partial charge on any atom is -0.489 e. The number of ether oxygens (including phenoxy) is 2. The first-order chi connectivity index (χ1) is 20.0. The van der Waals surface area contributed by atoms with E-state index in [2.05, 4.69) is 0 Å². The van der Waals surface area contributed by atoms with Gasteiger partial charge in [0.1, 0.15) is 24.7 Å². The van der Waals surface area contributed by atoms with Crippen molar-refractivity contribution in [1.29, 1.82) is 0 Å². The molecule has 1 fully saturated rings. The van der Waals surface area contributed by atoms with Crippen molar-refractivity contribution in [2.24, 2.45) is 0 Å². The predicted octanol–water partition coefficient (Wildman–Crippen LogP) is 6.27. The minimum absolute atomic E-state index is 0.112. The molecule has 0 N–H and O–H groups in total. The van der Waals surface area contributed by atoms with Gasteiger partial charge in [-0.2, -0.15) is 16.8 Å². The van der Waals surface area contributed by atoms with Crippen LogP contribution >= 0.6 is 0 Å². The number of rotatable bonds is 11. The summed E-state index contributed by atoms with van der Waals surface area (Å²) in [4.78, 5) is 15.9. The van der Waals surface area contributed by atoms with Gasteiger partial charge in [0, 0.05) is 23.7 Å². The van der Waals surface area contributed by atoms with Crippen LogP contribution in [0.5, 0.6) is 11.5 Å². The maximum atomic E-state index is 14.3. The van der Waals surface area contributed by atoms with Crippen molar-refractivity contribution in [3.63, 3.8) is 0 Å². The highest BCUT2D eigenvalue weighted by molar-refractivity contribution is 7.83. The van der Waals surface area contributed by atoms with Crippen LogP contribution in [0, 0.1) is 0 Å². The second-order valence-corrected chi connectivity index (χ2v) is 12.1. The summed E-state index contributed by atoms with van der Waals surface area (Å²) < 4.78 is 47.5. The molecular formula is C33H33NO7S.